The van der Waals surface area contributed by atoms with Crippen LogP contribution >= 0.6 is 0 Å². The summed E-state index contributed by atoms with van der Waals surface area (Å²) in [6.07, 6.45) is 0. The van der Waals surface area contributed by atoms with Gasteiger partial charge in [0, 0.05) is 32.2 Å². The van der Waals surface area contributed by atoms with Crippen molar-refractivity contribution in [3.8, 4) is 5.75 Å². The first-order valence-corrected chi connectivity index (χ1v) is 7.21. The van der Waals surface area contributed by atoms with E-state index in [9.17, 15) is 4.39 Å². The van der Waals surface area contributed by atoms with E-state index in [1.807, 2.05) is 6.07 Å². The van der Waals surface area contributed by atoms with E-state index in [1.165, 1.54) is 7.11 Å². The van der Waals surface area contributed by atoms with Crippen LogP contribution in [0, 0.1) is 11.2 Å². The van der Waals surface area contributed by atoms with Crippen molar-refractivity contribution in [2.45, 2.75) is 26.8 Å². The van der Waals surface area contributed by atoms with Gasteiger partial charge in [0.1, 0.15) is 0 Å². The van der Waals surface area contributed by atoms with Gasteiger partial charge in [-0.25, -0.2) is 4.39 Å². The fourth-order valence-corrected chi connectivity index (χ4v) is 3.05. The van der Waals surface area contributed by atoms with E-state index in [0.717, 1.165) is 31.7 Å². The third kappa shape index (κ3) is 3.30. The molecule has 0 amide bonds. The first-order valence-electron chi connectivity index (χ1n) is 7.21. The van der Waals surface area contributed by atoms with Crippen LogP contribution in [0.5, 0.6) is 5.75 Å². The van der Waals surface area contributed by atoms with E-state index in [0.29, 0.717) is 5.75 Å². The van der Waals surface area contributed by atoms with Crippen LogP contribution in [0.2, 0.25) is 0 Å². The molecule has 20 heavy (non-hydrogen) atoms. The summed E-state index contributed by atoms with van der Waals surface area (Å²) < 4.78 is 19.0. The molecule has 0 radical (unpaired) electrons. The average Bonchev–Trinajstić information content (AvgIpc) is 2.39. The minimum atomic E-state index is -0.283. The lowest BCUT2D eigenvalue weighted by Gasteiger charge is -2.42. The lowest BCUT2D eigenvalue weighted by Crippen LogP contribution is -2.48. The summed E-state index contributed by atoms with van der Waals surface area (Å²) in [5.41, 5.74) is 1.08. The predicted octanol–water partition coefficient (Wildman–Crippen LogP) is 2.83. The highest BCUT2D eigenvalue weighted by Crippen LogP contribution is 2.39. The zero-order chi connectivity index (χ0) is 14.8. The Hall–Kier alpha value is -1.13. The second-order valence-electron chi connectivity index (χ2n) is 6.45. The highest BCUT2D eigenvalue weighted by Gasteiger charge is 2.32. The van der Waals surface area contributed by atoms with Crippen molar-refractivity contribution in [2.24, 2.45) is 5.41 Å². The quantitative estimate of drug-likeness (QED) is 0.921. The average molecular weight is 280 g/mol. The molecule has 1 aromatic carbocycles. The molecule has 1 aliphatic rings. The number of hydrogen-bond donors (Lipinski definition) is 1. The van der Waals surface area contributed by atoms with Crippen molar-refractivity contribution in [1.82, 2.24) is 10.2 Å². The molecule has 1 saturated heterocycles. The van der Waals surface area contributed by atoms with Gasteiger partial charge in [-0.05, 0) is 23.1 Å². The van der Waals surface area contributed by atoms with Crippen LogP contribution in [-0.4, -0.2) is 38.2 Å². The second-order valence-corrected chi connectivity index (χ2v) is 6.45. The fraction of sp³-hybridized carbons (Fsp3) is 0.625. The highest BCUT2D eigenvalue weighted by atomic mass is 19.1. The number of rotatable bonds is 3. The van der Waals surface area contributed by atoms with Crippen LogP contribution < -0.4 is 10.1 Å². The molecule has 1 N–H and O–H groups in total. The molecule has 1 aliphatic heterocycles. The van der Waals surface area contributed by atoms with Gasteiger partial charge in [-0.1, -0.05) is 26.8 Å². The third-order valence-corrected chi connectivity index (χ3v) is 3.83. The Morgan fingerprint density at radius 3 is 2.40 bits per heavy atom. The topological polar surface area (TPSA) is 24.5 Å². The van der Waals surface area contributed by atoms with Crippen LogP contribution in [0.25, 0.3) is 0 Å². The van der Waals surface area contributed by atoms with Crippen LogP contribution in [0.3, 0.4) is 0 Å². The predicted molar refractivity (Wildman–Crippen MR) is 79.6 cm³/mol. The van der Waals surface area contributed by atoms with Crippen molar-refractivity contribution < 1.29 is 9.13 Å². The van der Waals surface area contributed by atoms with Gasteiger partial charge in [-0.15, -0.1) is 0 Å². The Morgan fingerprint density at radius 1 is 1.25 bits per heavy atom. The maximum Gasteiger partial charge on any atom is 0.165 e. The molecule has 2 rings (SSSR count). The molecule has 1 atom stereocenters. The Kier molecular flexibility index (Phi) is 4.66. The minimum Gasteiger partial charge on any atom is -0.494 e. The summed E-state index contributed by atoms with van der Waals surface area (Å²) in [7, 11) is 1.50. The molecular formula is C16H25FN2O. The van der Waals surface area contributed by atoms with Gasteiger partial charge in [-0.3, -0.25) is 4.90 Å². The summed E-state index contributed by atoms with van der Waals surface area (Å²) in [5.74, 6) is 0.0242. The van der Waals surface area contributed by atoms with Gasteiger partial charge >= 0.3 is 0 Å². The first kappa shape index (κ1) is 15.3. The van der Waals surface area contributed by atoms with E-state index in [4.69, 9.17) is 4.74 Å². The van der Waals surface area contributed by atoms with Crippen molar-refractivity contribution in [3.63, 3.8) is 0 Å². The molecule has 0 aliphatic carbocycles. The Morgan fingerprint density at radius 2 is 1.90 bits per heavy atom. The molecular weight excluding hydrogens is 255 g/mol. The highest BCUT2D eigenvalue weighted by molar-refractivity contribution is 5.32. The summed E-state index contributed by atoms with van der Waals surface area (Å²) in [6.45, 7) is 10.6. The van der Waals surface area contributed by atoms with Crippen LogP contribution in [0.4, 0.5) is 4.39 Å². The third-order valence-electron chi connectivity index (χ3n) is 3.83. The molecule has 0 bridgehead atoms. The van der Waals surface area contributed by atoms with E-state index in [1.54, 1.807) is 12.1 Å². The molecule has 1 fully saturated rings. The van der Waals surface area contributed by atoms with E-state index >= 15 is 0 Å². The van der Waals surface area contributed by atoms with Crippen molar-refractivity contribution >= 4 is 0 Å². The monoisotopic (exact) mass is 280 g/mol. The van der Waals surface area contributed by atoms with Gasteiger partial charge in [0.15, 0.2) is 11.6 Å². The van der Waals surface area contributed by atoms with Gasteiger partial charge in [-0.2, -0.15) is 0 Å². The number of methoxy groups -OCH3 is 1. The second kappa shape index (κ2) is 6.10. The lowest BCUT2D eigenvalue weighted by atomic mass is 9.81. The maximum atomic E-state index is 14.0. The Bertz CT molecular complexity index is 450. The number of piperazine rings is 1. The zero-order valence-electron chi connectivity index (χ0n) is 12.9. The Labute approximate surface area is 121 Å². The fourth-order valence-electron chi connectivity index (χ4n) is 3.05. The zero-order valence-corrected chi connectivity index (χ0v) is 12.9. The van der Waals surface area contributed by atoms with Crippen molar-refractivity contribution in [3.05, 3.63) is 29.6 Å². The summed E-state index contributed by atoms with van der Waals surface area (Å²) in [5, 5.41) is 3.37. The minimum absolute atomic E-state index is 0.0539. The first-order chi connectivity index (χ1) is 9.43. The molecule has 0 saturated carbocycles. The normalized spacial score (nSPS) is 18.9. The summed E-state index contributed by atoms with van der Waals surface area (Å²) >= 11 is 0. The van der Waals surface area contributed by atoms with Crippen LogP contribution in [0.15, 0.2) is 18.2 Å². The standard InChI is InChI=1S/C16H25FN2O/c1-16(2,3)15(19-9-7-18-8-10-19)12-5-6-14(20-4)13(17)11-12/h5-6,11,15,18H,7-10H2,1-4H3/t15-/m0/s1. The number of halogens is 1. The number of benzene rings is 1. The SMILES string of the molecule is COc1ccc([C@H](N2CCNCC2)C(C)(C)C)cc1F. The van der Waals surface area contributed by atoms with Gasteiger partial charge < -0.3 is 10.1 Å². The van der Waals surface area contributed by atoms with Crippen molar-refractivity contribution in [2.75, 3.05) is 33.3 Å². The molecule has 0 spiro atoms. The smallest absolute Gasteiger partial charge is 0.165 e. The van der Waals surface area contributed by atoms with Crippen LogP contribution in [0.1, 0.15) is 32.4 Å². The van der Waals surface area contributed by atoms with E-state index < -0.39 is 0 Å². The summed E-state index contributed by atoms with van der Waals surface area (Å²) in [4.78, 5) is 2.44. The number of ether oxygens (including phenoxy) is 1. The lowest BCUT2D eigenvalue weighted by molar-refractivity contribution is 0.0859. The molecule has 112 valence electrons. The summed E-state index contributed by atoms with van der Waals surface area (Å²) in [6, 6.07) is 5.55. The Balaban J connectivity index is 2.33. The van der Waals surface area contributed by atoms with E-state index in [-0.39, 0.29) is 17.3 Å². The van der Waals surface area contributed by atoms with Crippen molar-refractivity contribution in [1.29, 1.82) is 0 Å². The maximum absolute atomic E-state index is 14.0. The number of nitrogens with one attached hydrogen (secondary N) is 1. The molecule has 0 unspecified atom stereocenters. The van der Waals surface area contributed by atoms with Gasteiger partial charge in [0.25, 0.3) is 0 Å². The molecule has 4 heteroatoms. The molecule has 0 aromatic heterocycles. The molecule has 1 aromatic rings. The number of hydrogen-bond acceptors (Lipinski definition) is 3. The molecule has 1 heterocycles. The number of nitrogens with zero attached hydrogens (tertiary/aromatic N) is 1. The largest absolute Gasteiger partial charge is 0.494 e. The van der Waals surface area contributed by atoms with Gasteiger partial charge in [0.05, 0.1) is 7.11 Å². The molecule has 3 nitrogen and oxygen atoms in total. The van der Waals surface area contributed by atoms with Gasteiger partial charge in [0.2, 0.25) is 0 Å². The van der Waals surface area contributed by atoms with E-state index in [2.05, 4.69) is 31.0 Å². The van der Waals surface area contributed by atoms with Crippen LogP contribution in [-0.2, 0) is 0 Å².